The normalized spacial score (nSPS) is 10.1. The highest BCUT2D eigenvalue weighted by molar-refractivity contribution is 5.81. The van der Waals surface area contributed by atoms with Crippen LogP contribution >= 0.6 is 0 Å². The topological polar surface area (TPSA) is 73.9 Å². The van der Waals surface area contributed by atoms with Crippen molar-refractivity contribution in [1.29, 1.82) is 0 Å². The van der Waals surface area contributed by atoms with E-state index in [9.17, 15) is 9.59 Å². The maximum atomic E-state index is 11.7. The van der Waals surface area contributed by atoms with Gasteiger partial charge in [0, 0.05) is 13.0 Å². The lowest BCUT2D eigenvalue weighted by Crippen LogP contribution is -2.26. The molecule has 1 aromatic carbocycles. The highest BCUT2D eigenvalue weighted by Gasteiger charge is 2.10. The van der Waals surface area contributed by atoms with Crippen LogP contribution in [0.2, 0.25) is 0 Å². The summed E-state index contributed by atoms with van der Waals surface area (Å²) < 4.78 is 15.3. The fourth-order valence-electron chi connectivity index (χ4n) is 2.17. The zero-order chi connectivity index (χ0) is 17.2. The SMILES string of the molecule is CCOC(=O)CCC(=O)NCCc1cc(OC)c(OC)cc1C. The van der Waals surface area contributed by atoms with Crippen LogP contribution in [0.25, 0.3) is 0 Å². The number of aryl methyl sites for hydroxylation is 1. The Kier molecular flexibility index (Phi) is 7.94. The van der Waals surface area contributed by atoms with Crippen molar-refractivity contribution < 1.29 is 23.8 Å². The summed E-state index contributed by atoms with van der Waals surface area (Å²) >= 11 is 0. The first-order valence-electron chi connectivity index (χ1n) is 7.65. The molecule has 1 amide bonds. The number of hydrogen-bond acceptors (Lipinski definition) is 5. The number of esters is 1. The third-order valence-electron chi connectivity index (χ3n) is 3.42. The predicted octanol–water partition coefficient (Wildman–Crippen LogP) is 2.01. The molecule has 1 aromatic rings. The summed E-state index contributed by atoms with van der Waals surface area (Å²) in [5, 5.41) is 2.80. The second-order valence-electron chi connectivity index (χ2n) is 5.04. The molecule has 6 nitrogen and oxygen atoms in total. The van der Waals surface area contributed by atoms with Gasteiger partial charge < -0.3 is 19.5 Å². The second-order valence-corrected chi connectivity index (χ2v) is 5.04. The predicted molar refractivity (Wildman–Crippen MR) is 86.9 cm³/mol. The van der Waals surface area contributed by atoms with Gasteiger partial charge in [-0.2, -0.15) is 0 Å². The zero-order valence-corrected chi connectivity index (χ0v) is 14.2. The molecule has 0 saturated heterocycles. The molecule has 0 spiro atoms. The third kappa shape index (κ3) is 6.18. The minimum absolute atomic E-state index is 0.106. The number of amides is 1. The molecule has 0 unspecified atom stereocenters. The van der Waals surface area contributed by atoms with Gasteiger partial charge in [-0.05, 0) is 43.5 Å². The molecule has 1 N–H and O–H groups in total. The van der Waals surface area contributed by atoms with Crippen LogP contribution in [0.4, 0.5) is 0 Å². The molecule has 0 radical (unpaired) electrons. The summed E-state index contributed by atoms with van der Waals surface area (Å²) in [4.78, 5) is 22.9. The van der Waals surface area contributed by atoms with Crippen LogP contribution < -0.4 is 14.8 Å². The van der Waals surface area contributed by atoms with Crippen molar-refractivity contribution in [3.05, 3.63) is 23.3 Å². The van der Waals surface area contributed by atoms with Gasteiger partial charge in [0.05, 0.1) is 27.2 Å². The first-order valence-corrected chi connectivity index (χ1v) is 7.65. The lowest BCUT2D eigenvalue weighted by atomic mass is 10.0. The number of carbonyl (C=O) groups is 2. The van der Waals surface area contributed by atoms with Crippen LogP contribution in [0, 0.1) is 6.92 Å². The van der Waals surface area contributed by atoms with E-state index in [1.54, 1.807) is 21.1 Å². The van der Waals surface area contributed by atoms with Crippen LogP contribution in [0.15, 0.2) is 12.1 Å². The summed E-state index contributed by atoms with van der Waals surface area (Å²) in [6.07, 6.45) is 0.927. The molecular formula is C17H25NO5. The number of ether oxygens (including phenoxy) is 3. The molecule has 1 rings (SSSR count). The summed E-state index contributed by atoms with van der Waals surface area (Å²) in [5.41, 5.74) is 2.15. The number of nitrogens with one attached hydrogen (secondary N) is 1. The first-order chi connectivity index (χ1) is 11.0. The van der Waals surface area contributed by atoms with Crippen LogP contribution in [0.1, 0.15) is 30.9 Å². The maximum absolute atomic E-state index is 11.7. The monoisotopic (exact) mass is 323 g/mol. The Hall–Kier alpha value is -2.24. The van der Waals surface area contributed by atoms with Gasteiger partial charge in [-0.1, -0.05) is 0 Å². The second kappa shape index (κ2) is 9.71. The van der Waals surface area contributed by atoms with Crippen LogP contribution in [0.5, 0.6) is 11.5 Å². The average molecular weight is 323 g/mol. The van der Waals surface area contributed by atoms with Crippen LogP contribution in [-0.2, 0) is 20.7 Å². The quantitative estimate of drug-likeness (QED) is 0.704. The lowest BCUT2D eigenvalue weighted by Gasteiger charge is -2.13. The summed E-state index contributed by atoms with van der Waals surface area (Å²) in [7, 11) is 3.19. The summed E-state index contributed by atoms with van der Waals surface area (Å²) in [6, 6.07) is 3.83. The van der Waals surface area contributed by atoms with Gasteiger partial charge in [0.15, 0.2) is 11.5 Å². The average Bonchev–Trinajstić information content (AvgIpc) is 2.54. The van der Waals surface area contributed by atoms with Crippen molar-refractivity contribution >= 4 is 11.9 Å². The van der Waals surface area contributed by atoms with Gasteiger partial charge in [-0.3, -0.25) is 9.59 Å². The number of rotatable bonds is 9. The third-order valence-corrected chi connectivity index (χ3v) is 3.42. The van der Waals surface area contributed by atoms with E-state index < -0.39 is 0 Å². The Morgan fingerprint density at radius 2 is 1.74 bits per heavy atom. The van der Waals surface area contributed by atoms with E-state index in [0.29, 0.717) is 31.1 Å². The van der Waals surface area contributed by atoms with Crippen molar-refractivity contribution in [2.45, 2.75) is 33.1 Å². The van der Waals surface area contributed by atoms with Gasteiger partial charge in [0.1, 0.15) is 0 Å². The number of hydrogen-bond donors (Lipinski definition) is 1. The molecule has 0 bridgehead atoms. The summed E-state index contributed by atoms with van der Waals surface area (Å²) in [5.74, 6) is 0.850. The Labute approximate surface area is 137 Å². The molecule has 128 valence electrons. The van der Waals surface area contributed by atoms with Gasteiger partial charge in [-0.25, -0.2) is 0 Å². The zero-order valence-electron chi connectivity index (χ0n) is 14.2. The number of methoxy groups -OCH3 is 2. The number of benzene rings is 1. The van der Waals surface area contributed by atoms with Crippen molar-refractivity contribution in [3.8, 4) is 11.5 Å². The van der Waals surface area contributed by atoms with E-state index in [1.165, 1.54) is 0 Å². The minimum Gasteiger partial charge on any atom is -0.493 e. The molecule has 23 heavy (non-hydrogen) atoms. The van der Waals surface area contributed by atoms with Gasteiger partial charge in [-0.15, -0.1) is 0 Å². The molecule has 0 fully saturated rings. The molecule has 0 aromatic heterocycles. The highest BCUT2D eigenvalue weighted by Crippen LogP contribution is 2.30. The Morgan fingerprint density at radius 3 is 2.35 bits per heavy atom. The molecule has 0 aliphatic carbocycles. The minimum atomic E-state index is -0.349. The largest absolute Gasteiger partial charge is 0.493 e. The Morgan fingerprint density at radius 1 is 1.09 bits per heavy atom. The van der Waals surface area contributed by atoms with E-state index in [4.69, 9.17) is 14.2 Å². The summed E-state index contributed by atoms with van der Waals surface area (Å²) in [6.45, 7) is 4.56. The van der Waals surface area contributed by atoms with Crippen molar-refractivity contribution in [3.63, 3.8) is 0 Å². The molecule has 0 heterocycles. The van der Waals surface area contributed by atoms with E-state index in [-0.39, 0.29) is 24.7 Å². The standard InChI is InChI=1S/C17H25NO5/c1-5-23-17(20)7-6-16(19)18-9-8-13-11-15(22-4)14(21-3)10-12(13)2/h10-11H,5-9H2,1-4H3,(H,18,19). The van der Waals surface area contributed by atoms with E-state index in [2.05, 4.69) is 5.32 Å². The van der Waals surface area contributed by atoms with E-state index in [0.717, 1.165) is 11.1 Å². The van der Waals surface area contributed by atoms with Crippen LogP contribution in [0.3, 0.4) is 0 Å². The molecule has 6 heteroatoms. The molecule has 0 aliphatic heterocycles. The van der Waals surface area contributed by atoms with Crippen molar-refractivity contribution in [1.82, 2.24) is 5.32 Å². The smallest absolute Gasteiger partial charge is 0.306 e. The van der Waals surface area contributed by atoms with Gasteiger partial charge >= 0.3 is 5.97 Å². The molecular weight excluding hydrogens is 298 g/mol. The maximum Gasteiger partial charge on any atom is 0.306 e. The molecule has 0 aliphatic rings. The lowest BCUT2D eigenvalue weighted by molar-refractivity contribution is -0.144. The van der Waals surface area contributed by atoms with Gasteiger partial charge in [0.2, 0.25) is 5.91 Å². The Balaban J connectivity index is 2.46. The fourth-order valence-corrected chi connectivity index (χ4v) is 2.17. The van der Waals surface area contributed by atoms with E-state index in [1.807, 2.05) is 19.1 Å². The fraction of sp³-hybridized carbons (Fsp3) is 0.529. The van der Waals surface area contributed by atoms with Crippen molar-refractivity contribution in [2.75, 3.05) is 27.4 Å². The van der Waals surface area contributed by atoms with Gasteiger partial charge in [0.25, 0.3) is 0 Å². The highest BCUT2D eigenvalue weighted by atomic mass is 16.5. The Bertz CT molecular complexity index is 542. The van der Waals surface area contributed by atoms with Crippen molar-refractivity contribution in [2.24, 2.45) is 0 Å². The molecule has 0 atom stereocenters. The first kappa shape index (κ1) is 18.8. The van der Waals surface area contributed by atoms with E-state index >= 15 is 0 Å². The molecule has 0 saturated carbocycles. The number of carbonyl (C=O) groups excluding carboxylic acids is 2. The van der Waals surface area contributed by atoms with Crippen LogP contribution in [-0.4, -0.2) is 39.2 Å².